The Morgan fingerprint density at radius 3 is 1.19 bits per heavy atom. The van der Waals surface area contributed by atoms with Crippen LogP contribution in [0.15, 0.2) is 24.3 Å². The van der Waals surface area contributed by atoms with Crippen molar-refractivity contribution in [3.05, 3.63) is 47.0 Å². The largest absolute Gasteiger partial charge is 0.298 e. The molecule has 0 fully saturated rings. The van der Waals surface area contributed by atoms with Gasteiger partial charge in [0.25, 0.3) is 0 Å². The van der Waals surface area contributed by atoms with E-state index in [4.69, 9.17) is 0 Å². The summed E-state index contributed by atoms with van der Waals surface area (Å²) in [6.45, 7) is 11.9. The van der Waals surface area contributed by atoms with Crippen LogP contribution in [-0.4, -0.2) is 28.7 Å². The molecule has 2 aromatic rings. The van der Waals surface area contributed by atoms with Gasteiger partial charge in [0.1, 0.15) is 11.6 Å². The fraction of sp³-hybridized carbons (Fsp3) is 0.300. The molecule has 0 N–H and O–H groups in total. The summed E-state index contributed by atoms with van der Waals surface area (Å²) in [5.74, 6) is -0.840. The summed E-state index contributed by atoms with van der Waals surface area (Å²) in [5, 5.41) is 1.07. The number of benzene rings is 2. The fourth-order valence-corrected chi connectivity index (χ4v) is 5.75. The maximum Gasteiger partial charge on any atom is 0.150 e. The zero-order chi connectivity index (χ0) is 19.9. The lowest BCUT2D eigenvalue weighted by Crippen LogP contribution is -2.41. The molecule has 0 unspecified atom stereocenters. The van der Waals surface area contributed by atoms with Gasteiger partial charge in [-0.05, 0) is 45.8 Å². The standard InChI is InChI=1S/C20H24F2O2Si2/c1-25(2,3)19-7-13(11-23)15(9-17(19)21)16-10-18(22)20(26(4,5)6)8-14(16)12-24/h7-12H,1-6H3. The normalized spacial score (nSPS) is 12.2. The molecular formula is C20H24F2O2Si2. The smallest absolute Gasteiger partial charge is 0.150 e. The summed E-state index contributed by atoms with van der Waals surface area (Å²) in [6, 6.07) is 5.60. The SMILES string of the molecule is C[Si](C)(C)c1cc(C=O)c(-c2cc(F)c([Si](C)(C)C)cc2C=O)cc1F. The molecule has 6 heteroatoms. The Bertz CT molecular complexity index is 805. The summed E-state index contributed by atoms with van der Waals surface area (Å²) in [4.78, 5) is 23.2. The van der Waals surface area contributed by atoms with E-state index in [0.29, 0.717) is 22.9 Å². The summed E-state index contributed by atoms with van der Waals surface area (Å²) in [6.07, 6.45) is 1.27. The van der Waals surface area contributed by atoms with Crippen LogP contribution in [0.25, 0.3) is 11.1 Å². The van der Waals surface area contributed by atoms with E-state index in [2.05, 4.69) is 0 Å². The average molecular weight is 391 g/mol. The van der Waals surface area contributed by atoms with Gasteiger partial charge < -0.3 is 0 Å². The predicted octanol–water partition coefficient (Wildman–Crippen LogP) is 4.35. The van der Waals surface area contributed by atoms with Crippen molar-refractivity contribution in [2.45, 2.75) is 39.3 Å². The van der Waals surface area contributed by atoms with Crippen LogP contribution < -0.4 is 10.4 Å². The Balaban J connectivity index is 2.80. The van der Waals surface area contributed by atoms with E-state index in [1.54, 1.807) is 12.1 Å². The fourth-order valence-electron chi connectivity index (χ4n) is 2.99. The molecular weight excluding hydrogens is 366 g/mol. The van der Waals surface area contributed by atoms with Gasteiger partial charge in [-0.2, -0.15) is 0 Å². The van der Waals surface area contributed by atoms with Crippen molar-refractivity contribution in [2.75, 3.05) is 0 Å². The summed E-state index contributed by atoms with van der Waals surface area (Å²) < 4.78 is 29.4. The van der Waals surface area contributed by atoms with Gasteiger partial charge in [0, 0.05) is 11.1 Å². The Hall–Kier alpha value is -1.93. The molecule has 0 saturated heterocycles. The third-order valence-corrected chi connectivity index (χ3v) is 8.44. The van der Waals surface area contributed by atoms with Crippen LogP contribution in [0.2, 0.25) is 39.3 Å². The Labute approximate surface area is 155 Å². The highest BCUT2D eigenvalue weighted by molar-refractivity contribution is 6.89. The van der Waals surface area contributed by atoms with Crippen molar-refractivity contribution in [3.8, 4) is 11.1 Å². The number of halogens is 2. The second-order valence-corrected chi connectivity index (χ2v) is 18.7. The van der Waals surface area contributed by atoms with Gasteiger partial charge in [-0.15, -0.1) is 0 Å². The zero-order valence-electron chi connectivity index (χ0n) is 16.0. The van der Waals surface area contributed by atoms with Crippen LogP contribution in [-0.2, 0) is 0 Å². The lowest BCUT2D eigenvalue weighted by molar-refractivity contribution is 0.111. The molecule has 26 heavy (non-hydrogen) atoms. The monoisotopic (exact) mass is 390 g/mol. The van der Waals surface area contributed by atoms with Crippen LogP contribution in [0.4, 0.5) is 8.78 Å². The van der Waals surface area contributed by atoms with E-state index in [-0.39, 0.29) is 22.3 Å². The van der Waals surface area contributed by atoms with Crippen molar-refractivity contribution in [3.63, 3.8) is 0 Å². The molecule has 0 bridgehead atoms. The highest BCUT2D eigenvalue weighted by Crippen LogP contribution is 2.28. The number of hydrogen-bond donors (Lipinski definition) is 0. The van der Waals surface area contributed by atoms with Crippen molar-refractivity contribution in [1.82, 2.24) is 0 Å². The van der Waals surface area contributed by atoms with Gasteiger partial charge >= 0.3 is 0 Å². The minimum absolute atomic E-state index is 0.252. The topological polar surface area (TPSA) is 34.1 Å². The molecule has 0 aliphatic heterocycles. The number of hydrogen-bond acceptors (Lipinski definition) is 2. The van der Waals surface area contributed by atoms with E-state index >= 15 is 0 Å². The predicted molar refractivity (Wildman–Crippen MR) is 109 cm³/mol. The first kappa shape index (κ1) is 20.4. The molecule has 0 atom stereocenters. The van der Waals surface area contributed by atoms with Crippen molar-refractivity contribution >= 4 is 39.1 Å². The quantitative estimate of drug-likeness (QED) is 0.562. The number of carbonyl (C=O) groups is 2. The third kappa shape index (κ3) is 3.91. The number of carbonyl (C=O) groups excluding carboxylic acids is 2. The number of rotatable bonds is 5. The van der Waals surface area contributed by atoms with Crippen LogP contribution in [0.5, 0.6) is 0 Å². The molecule has 0 radical (unpaired) electrons. The van der Waals surface area contributed by atoms with Gasteiger partial charge in [0.05, 0.1) is 16.1 Å². The molecule has 0 saturated carbocycles. The maximum atomic E-state index is 14.7. The van der Waals surface area contributed by atoms with Gasteiger partial charge in [-0.3, -0.25) is 9.59 Å². The first-order chi connectivity index (χ1) is 11.9. The van der Waals surface area contributed by atoms with E-state index in [0.717, 1.165) is 0 Å². The number of aldehydes is 2. The molecule has 0 heterocycles. The first-order valence-corrected chi connectivity index (χ1v) is 15.5. The minimum Gasteiger partial charge on any atom is -0.298 e. The second kappa shape index (κ2) is 7.00. The minimum atomic E-state index is -1.99. The molecule has 0 amide bonds. The van der Waals surface area contributed by atoms with Crippen molar-refractivity contribution in [2.24, 2.45) is 0 Å². The van der Waals surface area contributed by atoms with E-state index in [9.17, 15) is 18.4 Å². The van der Waals surface area contributed by atoms with E-state index in [1.807, 2.05) is 39.3 Å². The molecule has 2 rings (SSSR count). The van der Waals surface area contributed by atoms with Gasteiger partial charge in [-0.25, -0.2) is 8.78 Å². The van der Waals surface area contributed by atoms with Gasteiger partial charge in [0.2, 0.25) is 0 Å². The third-order valence-electron chi connectivity index (χ3n) is 4.44. The highest BCUT2D eigenvalue weighted by Gasteiger charge is 2.26. The first-order valence-electron chi connectivity index (χ1n) is 8.49. The van der Waals surface area contributed by atoms with Crippen LogP contribution in [0.3, 0.4) is 0 Å². The summed E-state index contributed by atoms with van der Waals surface area (Å²) in [7, 11) is -3.98. The van der Waals surface area contributed by atoms with E-state index in [1.165, 1.54) is 12.1 Å². The van der Waals surface area contributed by atoms with E-state index < -0.39 is 27.8 Å². The maximum absolute atomic E-state index is 14.7. The summed E-state index contributed by atoms with van der Waals surface area (Å²) >= 11 is 0. The second-order valence-electron chi connectivity index (χ2n) is 8.57. The Morgan fingerprint density at radius 2 is 0.962 bits per heavy atom. The molecule has 0 aliphatic rings. The Kier molecular flexibility index (Phi) is 5.49. The van der Waals surface area contributed by atoms with Gasteiger partial charge in [0.15, 0.2) is 12.6 Å². The molecule has 0 aromatic heterocycles. The summed E-state index contributed by atoms with van der Waals surface area (Å²) in [5.41, 5.74) is 1.05. The lowest BCUT2D eigenvalue weighted by atomic mass is 9.96. The van der Waals surface area contributed by atoms with Crippen LogP contribution >= 0.6 is 0 Å². The molecule has 2 nitrogen and oxygen atoms in total. The van der Waals surface area contributed by atoms with Crippen LogP contribution in [0, 0.1) is 11.6 Å². The van der Waals surface area contributed by atoms with Crippen molar-refractivity contribution in [1.29, 1.82) is 0 Å². The average Bonchev–Trinajstić information content (AvgIpc) is 2.52. The Morgan fingerprint density at radius 1 is 0.654 bits per heavy atom. The van der Waals surface area contributed by atoms with Crippen molar-refractivity contribution < 1.29 is 18.4 Å². The highest BCUT2D eigenvalue weighted by atomic mass is 28.3. The molecule has 2 aromatic carbocycles. The van der Waals surface area contributed by atoms with Crippen LogP contribution in [0.1, 0.15) is 20.7 Å². The molecule has 0 aliphatic carbocycles. The molecule has 138 valence electrons. The lowest BCUT2D eigenvalue weighted by Gasteiger charge is -2.22. The van der Waals surface area contributed by atoms with Gasteiger partial charge in [-0.1, -0.05) is 39.3 Å². The molecule has 0 spiro atoms. The zero-order valence-corrected chi connectivity index (χ0v) is 18.0.